The maximum Gasteiger partial charge on any atom is 0.261 e. The molecule has 0 spiro atoms. The second-order valence-electron chi connectivity index (χ2n) is 4.17. The lowest BCUT2D eigenvalue weighted by Gasteiger charge is -2.21. The second kappa shape index (κ2) is 5.69. The smallest absolute Gasteiger partial charge is 0.261 e. The van der Waals surface area contributed by atoms with Crippen molar-refractivity contribution in [3.63, 3.8) is 0 Å². The van der Waals surface area contributed by atoms with E-state index in [9.17, 15) is 18.7 Å². The van der Waals surface area contributed by atoms with Gasteiger partial charge in [-0.15, -0.1) is 0 Å². The van der Waals surface area contributed by atoms with Gasteiger partial charge in [-0.05, 0) is 31.2 Å². The summed E-state index contributed by atoms with van der Waals surface area (Å²) in [5.41, 5.74) is 0.0800. The van der Waals surface area contributed by atoms with Crippen LogP contribution in [-0.4, -0.2) is 17.6 Å². The molecule has 0 heterocycles. The minimum Gasteiger partial charge on any atom is -0.508 e. The highest BCUT2D eigenvalue weighted by atomic mass is 19.2. The predicted molar refractivity (Wildman–Crippen MR) is 71.8 cm³/mol. The highest BCUT2D eigenvalue weighted by Gasteiger charge is 2.21. The Kier molecular flexibility index (Phi) is 3.98. The van der Waals surface area contributed by atoms with Crippen LogP contribution in [0.25, 0.3) is 0 Å². The SMILES string of the molecule is CCN(C(=O)c1cccc(F)c1F)c1cccc(O)c1. The van der Waals surface area contributed by atoms with Gasteiger partial charge >= 0.3 is 0 Å². The third kappa shape index (κ3) is 2.61. The fourth-order valence-corrected chi connectivity index (χ4v) is 1.92. The number of phenolic OH excluding ortho intramolecular Hbond substituents is 1. The molecule has 20 heavy (non-hydrogen) atoms. The Morgan fingerprint density at radius 3 is 2.55 bits per heavy atom. The molecule has 1 N–H and O–H groups in total. The van der Waals surface area contributed by atoms with Crippen LogP contribution in [0.4, 0.5) is 14.5 Å². The lowest BCUT2D eigenvalue weighted by molar-refractivity contribution is 0.0983. The van der Waals surface area contributed by atoms with Crippen LogP contribution in [0.3, 0.4) is 0 Å². The van der Waals surface area contributed by atoms with Crippen LogP contribution >= 0.6 is 0 Å². The maximum absolute atomic E-state index is 13.7. The first-order valence-corrected chi connectivity index (χ1v) is 6.09. The summed E-state index contributed by atoms with van der Waals surface area (Å²) in [4.78, 5) is 13.6. The number of hydrogen-bond donors (Lipinski definition) is 1. The molecular formula is C15H13F2NO2. The van der Waals surface area contributed by atoms with E-state index >= 15 is 0 Å². The molecule has 0 aliphatic heterocycles. The number of carbonyl (C=O) groups is 1. The third-order valence-electron chi connectivity index (χ3n) is 2.88. The topological polar surface area (TPSA) is 40.5 Å². The third-order valence-corrected chi connectivity index (χ3v) is 2.88. The number of carbonyl (C=O) groups excluding carboxylic acids is 1. The van der Waals surface area contributed by atoms with Gasteiger partial charge in [0.2, 0.25) is 0 Å². The number of halogens is 2. The van der Waals surface area contributed by atoms with Crippen molar-refractivity contribution in [1.82, 2.24) is 0 Å². The summed E-state index contributed by atoms with van der Waals surface area (Å²) in [6.45, 7) is 1.97. The molecule has 0 bridgehead atoms. The van der Waals surface area contributed by atoms with Gasteiger partial charge in [-0.3, -0.25) is 4.79 Å². The molecule has 2 aromatic rings. The van der Waals surface area contributed by atoms with E-state index in [1.807, 2.05) is 0 Å². The van der Waals surface area contributed by atoms with Crippen molar-refractivity contribution in [2.24, 2.45) is 0 Å². The minimum absolute atomic E-state index is 0.00605. The van der Waals surface area contributed by atoms with E-state index in [2.05, 4.69) is 0 Å². The summed E-state index contributed by atoms with van der Waals surface area (Å²) < 4.78 is 26.9. The number of aromatic hydroxyl groups is 1. The average molecular weight is 277 g/mol. The fourth-order valence-electron chi connectivity index (χ4n) is 1.92. The van der Waals surface area contributed by atoms with E-state index in [0.29, 0.717) is 5.69 Å². The Bertz CT molecular complexity index is 644. The molecule has 1 amide bonds. The normalized spacial score (nSPS) is 10.3. The van der Waals surface area contributed by atoms with Gasteiger partial charge in [0, 0.05) is 18.3 Å². The van der Waals surface area contributed by atoms with Crippen LogP contribution < -0.4 is 4.90 Å². The molecule has 0 radical (unpaired) electrons. The predicted octanol–water partition coefficient (Wildman–Crippen LogP) is 3.34. The van der Waals surface area contributed by atoms with Gasteiger partial charge in [0.25, 0.3) is 5.91 Å². The molecule has 0 saturated heterocycles. The molecule has 0 fully saturated rings. The highest BCUT2D eigenvalue weighted by Crippen LogP contribution is 2.23. The largest absolute Gasteiger partial charge is 0.508 e. The van der Waals surface area contributed by atoms with Gasteiger partial charge in [-0.1, -0.05) is 12.1 Å². The van der Waals surface area contributed by atoms with Gasteiger partial charge in [-0.2, -0.15) is 0 Å². The number of hydrogen-bond acceptors (Lipinski definition) is 2. The van der Waals surface area contributed by atoms with E-state index in [-0.39, 0.29) is 17.9 Å². The van der Waals surface area contributed by atoms with Crippen LogP contribution in [-0.2, 0) is 0 Å². The highest BCUT2D eigenvalue weighted by molar-refractivity contribution is 6.06. The standard InChI is InChI=1S/C15H13F2NO2/c1-2-18(10-5-3-6-11(19)9-10)15(20)12-7-4-8-13(16)14(12)17/h3-9,19H,2H2,1H3. The summed E-state index contributed by atoms with van der Waals surface area (Å²) in [6, 6.07) is 9.49. The van der Waals surface area contributed by atoms with E-state index in [1.54, 1.807) is 19.1 Å². The molecule has 104 valence electrons. The van der Waals surface area contributed by atoms with E-state index in [4.69, 9.17) is 0 Å². The fraction of sp³-hybridized carbons (Fsp3) is 0.133. The monoisotopic (exact) mass is 277 g/mol. The van der Waals surface area contributed by atoms with E-state index in [0.717, 1.165) is 6.07 Å². The lowest BCUT2D eigenvalue weighted by Crippen LogP contribution is -2.31. The molecule has 0 aliphatic rings. The van der Waals surface area contributed by atoms with Crippen LogP contribution in [0.1, 0.15) is 17.3 Å². The first-order chi connectivity index (χ1) is 9.54. The molecule has 0 unspecified atom stereocenters. The van der Waals surface area contributed by atoms with Crippen molar-refractivity contribution < 1.29 is 18.7 Å². The Morgan fingerprint density at radius 1 is 1.20 bits per heavy atom. The number of benzene rings is 2. The first-order valence-electron chi connectivity index (χ1n) is 6.09. The average Bonchev–Trinajstić information content (AvgIpc) is 2.42. The van der Waals surface area contributed by atoms with Crippen LogP contribution in [0, 0.1) is 11.6 Å². The van der Waals surface area contributed by atoms with Gasteiger partial charge in [0.15, 0.2) is 11.6 Å². The van der Waals surface area contributed by atoms with Crippen LogP contribution in [0.2, 0.25) is 0 Å². The Labute approximate surface area is 115 Å². The van der Waals surface area contributed by atoms with Crippen molar-refractivity contribution in [2.75, 3.05) is 11.4 Å². The van der Waals surface area contributed by atoms with Gasteiger partial charge < -0.3 is 10.0 Å². The summed E-state index contributed by atoms with van der Waals surface area (Å²) >= 11 is 0. The summed E-state index contributed by atoms with van der Waals surface area (Å²) in [6.07, 6.45) is 0. The van der Waals surface area contributed by atoms with Crippen molar-refractivity contribution >= 4 is 11.6 Å². The molecule has 0 aromatic heterocycles. The van der Waals surface area contributed by atoms with Crippen molar-refractivity contribution in [1.29, 1.82) is 0 Å². The Balaban J connectivity index is 2.42. The second-order valence-corrected chi connectivity index (χ2v) is 4.17. The Hall–Kier alpha value is -2.43. The van der Waals surface area contributed by atoms with Gasteiger partial charge in [-0.25, -0.2) is 8.78 Å². The molecule has 0 aliphatic carbocycles. The van der Waals surface area contributed by atoms with Crippen molar-refractivity contribution in [3.8, 4) is 5.75 Å². The quantitative estimate of drug-likeness (QED) is 0.934. The van der Waals surface area contributed by atoms with Gasteiger partial charge in [0.1, 0.15) is 5.75 Å². The van der Waals surface area contributed by atoms with Crippen LogP contribution in [0.15, 0.2) is 42.5 Å². The lowest BCUT2D eigenvalue weighted by atomic mass is 10.1. The van der Waals surface area contributed by atoms with Crippen molar-refractivity contribution in [2.45, 2.75) is 6.92 Å². The van der Waals surface area contributed by atoms with Crippen molar-refractivity contribution in [3.05, 3.63) is 59.7 Å². The minimum atomic E-state index is -1.17. The summed E-state index contributed by atoms with van der Waals surface area (Å²) in [7, 11) is 0. The Morgan fingerprint density at radius 2 is 1.90 bits per heavy atom. The number of rotatable bonds is 3. The number of anilines is 1. The first kappa shape index (κ1) is 14.0. The van der Waals surface area contributed by atoms with E-state index < -0.39 is 17.5 Å². The number of amides is 1. The zero-order valence-corrected chi connectivity index (χ0v) is 10.8. The number of nitrogens with zero attached hydrogens (tertiary/aromatic N) is 1. The summed E-state index contributed by atoms with van der Waals surface area (Å²) in [5, 5.41) is 9.44. The van der Waals surface area contributed by atoms with Gasteiger partial charge in [0.05, 0.1) is 5.56 Å². The zero-order chi connectivity index (χ0) is 14.7. The molecule has 3 nitrogen and oxygen atoms in total. The molecule has 0 saturated carbocycles. The van der Waals surface area contributed by atoms with E-state index in [1.165, 1.54) is 29.2 Å². The molecule has 2 aromatic carbocycles. The zero-order valence-electron chi connectivity index (χ0n) is 10.8. The molecule has 2 rings (SSSR count). The molecule has 0 atom stereocenters. The molecule has 5 heteroatoms. The number of phenols is 1. The summed E-state index contributed by atoms with van der Waals surface area (Å²) in [5.74, 6) is -2.90. The molecular weight excluding hydrogens is 264 g/mol. The van der Waals surface area contributed by atoms with Crippen LogP contribution in [0.5, 0.6) is 5.75 Å². The maximum atomic E-state index is 13.7.